The Balaban J connectivity index is 2.34. The van der Waals surface area contributed by atoms with E-state index in [2.05, 4.69) is 5.32 Å². The largest absolute Gasteiger partial charge is 0.479 e. The van der Waals surface area contributed by atoms with Crippen molar-refractivity contribution in [2.24, 2.45) is 0 Å². The van der Waals surface area contributed by atoms with Gasteiger partial charge in [-0.05, 0) is 24.3 Å². The van der Waals surface area contributed by atoms with Crippen LogP contribution in [-0.2, 0) is 4.79 Å². The molecule has 2 aromatic rings. The summed E-state index contributed by atoms with van der Waals surface area (Å²) in [5.41, 5.74) is 0.271. The van der Waals surface area contributed by atoms with Gasteiger partial charge in [-0.1, -0.05) is 23.7 Å². The van der Waals surface area contributed by atoms with Crippen LogP contribution in [0.5, 0.6) is 0 Å². The zero-order valence-corrected chi connectivity index (χ0v) is 10.9. The maximum atomic E-state index is 13.7. The summed E-state index contributed by atoms with van der Waals surface area (Å²) in [5, 5.41) is 12.3. The van der Waals surface area contributed by atoms with E-state index in [1.165, 1.54) is 6.07 Å². The van der Waals surface area contributed by atoms with Gasteiger partial charge in [-0.3, -0.25) is 0 Å². The van der Waals surface area contributed by atoms with Gasteiger partial charge in [-0.15, -0.1) is 0 Å². The second-order valence-corrected chi connectivity index (χ2v) is 4.53. The van der Waals surface area contributed by atoms with Crippen molar-refractivity contribution in [2.45, 2.75) is 6.04 Å². The molecule has 0 fully saturated rings. The SMILES string of the molecule is O=C(O)C(Nc1cccc(Cl)c1)c1ccc(F)cc1F. The Hall–Kier alpha value is -2.14. The minimum atomic E-state index is -1.34. The quantitative estimate of drug-likeness (QED) is 0.901. The number of benzene rings is 2. The minimum absolute atomic E-state index is 0.154. The van der Waals surface area contributed by atoms with Crippen molar-refractivity contribution in [3.05, 3.63) is 64.7 Å². The molecular weight excluding hydrogens is 288 g/mol. The third kappa shape index (κ3) is 3.24. The molecule has 20 heavy (non-hydrogen) atoms. The molecule has 104 valence electrons. The predicted octanol–water partition coefficient (Wildman–Crippen LogP) is 3.86. The zero-order valence-electron chi connectivity index (χ0n) is 10.1. The molecule has 1 unspecified atom stereocenters. The van der Waals surface area contributed by atoms with Crippen molar-refractivity contribution < 1.29 is 18.7 Å². The number of hydrogen-bond acceptors (Lipinski definition) is 2. The lowest BCUT2D eigenvalue weighted by atomic mass is 10.1. The molecule has 0 spiro atoms. The first-order valence-electron chi connectivity index (χ1n) is 5.67. The lowest BCUT2D eigenvalue weighted by Gasteiger charge is -2.17. The predicted molar refractivity (Wildman–Crippen MR) is 71.8 cm³/mol. The molecule has 0 aliphatic heterocycles. The molecule has 1 atom stereocenters. The van der Waals surface area contributed by atoms with Crippen LogP contribution in [0.4, 0.5) is 14.5 Å². The summed E-state index contributed by atoms with van der Waals surface area (Å²) in [6.07, 6.45) is 0. The fraction of sp³-hybridized carbons (Fsp3) is 0.0714. The highest BCUT2D eigenvalue weighted by molar-refractivity contribution is 6.30. The average molecular weight is 298 g/mol. The Bertz CT molecular complexity index is 649. The van der Waals surface area contributed by atoms with Crippen LogP contribution in [0.1, 0.15) is 11.6 Å². The van der Waals surface area contributed by atoms with Gasteiger partial charge in [0.25, 0.3) is 0 Å². The number of anilines is 1. The molecule has 6 heteroatoms. The van der Waals surface area contributed by atoms with E-state index in [1.807, 2.05) is 0 Å². The third-order valence-corrected chi connectivity index (χ3v) is 2.89. The van der Waals surface area contributed by atoms with E-state index >= 15 is 0 Å². The molecule has 0 radical (unpaired) electrons. The van der Waals surface area contributed by atoms with Gasteiger partial charge < -0.3 is 10.4 Å². The zero-order chi connectivity index (χ0) is 14.7. The van der Waals surface area contributed by atoms with Crippen molar-refractivity contribution >= 4 is 23.3 Å². The third-order valence-electron chi connectivity index (χ3n) is 2.66. The van der Waals surface area contributed by atoms with E-state index in [9.17, 15) is 18.7 Å². The summed E-state index contributed by atoms with van der Waals surface area (Å²) in [6, 6.07) is 7.78. The molecule has 0 saturated heterocycles. The van der Waals surface area contributed by atoms with Crippen LogP contribution < -0.4 is 5.32 Å². The molecule has 2 rings (SSSR count). The fourth-order valence-electron chi connectivity index (χ4n) is 1.75. The van der Waals surface area contributed by atoms with Gasteiger partial charge in [-0.25, -0.2) is 13.6 Å². The molecule has 0 aromatic heterocycles. The first-order chi connectivity index (χ1) is 9.47. The summed E-state index contributed by atoms with van der Waals surface area (Å²) in [4.78, 5) is 11.3. The van der Waals surface area contributed by atoms with Crippen LogP contribution in [0.3, 0.4) is 0 Å². The molecule has 0 saturated carbocycles. The van der Waals surface area contributed by atoms with Crippen molar-refractivity contribution in [2.75, 3.05) is 5.32 Å². The van der Waals surface area contributed by atoms with Gasteiger partial charge in [0.05, 0.1) is 0 Å². The lowest BCUT2D eigenvalue weighted by molar-refractivity contribution is -0.138. The molecule has 0 aliphatic rings. The summed E-state index contributed by atoms with van der Waals surface area (Å²) >= 11 is 5.79. The van der Waals surface area contributed by atoms with Gasteiger partial charge in [0.1, 0.15) is 11.6 Å². The average Bonchev–Trinajstić information content (AvgIpc) is 2.36. The van der Waals surface area contributed by atoms with Crippen LogP contribution in [0.2, 0.25) is 5.02 Å². The molecule has 3 nitrogen and oxygen atoms in total. The first-order valence-corrected chi connectivity index (χ1v) is 6.05. The maximum absolute atomic E-state index is 13.7. The highest BCUT2D eigenvalue weighted by Gasteiger charge is 2.23. The van der Waals surface area contributed by atoms with E-state index in [-0.39, 0.29) is 5.56 Å². The van der Waals surface area contributed by atoms with Crippen LogP contribution in [-0.4, -0.2) is 11.1 Å². The number of carbonyl (C=O) groups is 1. The minimum Gasteiger partial charge on any atom is -0.479 e. The Labute approximate surface area is 118 Å². The van der Waals surface area contributed by atoms with Gasteiger partial charge >= 0.3 is 5.97 Å². The number of carboxylic acid groups (broad SMARTS) is 1. The summed E-state index contributed by atoms with van der Waals surface area (Å²) in [6.45, 7) is 0. The Morgan fingerprint density at radius 3 is 2.55 bits per heavy atom. The topological polar surface area (TPSA) is 49.3 Å². The second kappa shape index (κ2) is 5.88. The Kier molecular flexibility index (Phi) is 4.20. The molecule has 0 aliphatic carbocycles. The van der Waals surface area contributed by atoms with Crippen LogP contribution in [0, 0.1) is 11.6 Å². The lowest BCUT2D eigenvalue weighted by Crippen LogP contribution is -2.21. The summed E-state index contributed by atoms with van der Waals surface area (Å²) < 4.78 is 26.5. The Morgan fingerprint density at radius 1 is 1.20 bits per heavy atom. The molecule has 2 N–H and O–H groups in total. The van der Waals surface area contributed by atoms with Crippen LogP contribution in [0.25, 0.3) is 0 Å². The molecule has 0 amide bonds. The fourth-order valence-corrected chi connectivity index (χ4v) is 1.94. The van der Waals surface area contributed by atoms with Crippen LogP contribution >= 0.6 is 11.6 Å². The highest BCUT2D eigenvalue weighted by atomic mass is 35.5. The van der Waals surface area contributed by atoms with Crippen molar-refractivity contribution in [3.63, 3.8) is 0 Å². The van der Waals surface area contributed by atoms with E-state index in [0.717, 1.165) is 12.1 Å². The Morgan fingerprint density at radius 2 is 1.95 bits per heavy atom. The monoisotopic (exact) mass is 297 g/mol. The molecule has 0 heterocycles. The van der Waals surface area contributed by atoms with Gasteiger partial charge in [-0.2, -0.15) is 0 Å². The number of aliphatic carboxylic acids is 1. The van der Waals surface area contributed by atoms with Gasteiger partial charge in [0.15, 0.2) is 6.04 Å². The van der Waals surface area contributed by atoms with Gasteiger partial charge in [0, 0.05) is 22.3 Å². The van der Waals surface area contributed by atoms with E-state index in [0.29, 0.717) is 16.8 Å². The smallest absolute Gasteiger partial charge is 0.330 e. The highest BCUT2D eigenvalue weighted by Crippen LogP contribution is 2.24. The van der Waals surface area contributed by atoms with E-state index in [1.54, 1.807) is 18.2 Å². The second-order valence-electron chi connectivity index (χ2n) is 4.09. The van der Waals surface area contributed by atoms with Crippen molar-refractivity contribution in [1.82, 2.24) is 0 Å². The van der Waals surface area contributed by atoms with Crippen molar-refractivity contribution in [3.8, 4) is 0 Å². The molecular formula is C14H10ClF2NO2. The summed E-state index contributed by atoms with van der Waals surface area (Å²) in [5.74, 6) is -2.97. The molecule has 2 aromatic carbocycles. The number of nitrogens with one attached hydrogen (secondary N) is 1. The normalized spacial score (nSPS) is 11.9. The number of carboxylic acids is 1. The number of rotatable bonds is 4. The number of halogens is 3. The number of hydrogen-bond donors (Lipinski definition) is 2. The molecule has 0 bridgehead atoms. The standard InChI is InChI=1S/C14H10ClF2NO2/c15-8-2-1-3-10(6-8)18-13(14(19)20)11-5-4-9(16)7-12(11)17/h1-7,13,18H,(H,19,20). The van der Waals surface area contributed by atoms with E-state index in [4.69, 9.17) is 11.6 Å². The van der Waals surface area contributed by atoms with Crippen molar-refractivity contribution in [1.29, 1.82) is 0 Å². The van der Waals surface area contributed by atoms with E-state index < -0.39 is 23.6 Å². The van der Waals surface area contributed by atoms with Crippen LogP contribution in [0.15, 0.2) is 42.5 Å². The first kappa shape index (κ1) is 14.3. The van der Waals surface area contributed by atoms with Gasteiger partial charge in [0.2, 0.25) is 0 Å². The maximum Gasteiger partial charge on any atom is 0.330 e. The summed E-state index contributed by atoms with van der Waals surface area (Å²) in [7, 11) is 0.